The average Bonchev–Trinajstić information content (AvgIpc) is 3.57. The standard InChI is InChI=1S/C22H24FN11O/c23-15-11-14(19(25)35)20(31-21(15)30-17-5-2-1-4-16(17)24)29-13-10-18(33-9-7-27-32-33)22(26-12-13)34-8-3-6-28-34/h3,6-12,16-17H,1-2,4-5,24H2,(H2,25,35)(H2,29,30,31)/t16-,17+/m0/s1. The molecule has 2 atom stereocenters. The molecule has 1 aliphatic carbocycles. The van der Waals surface area contributed by atoms with Crippen LogP contribution in [0.2, 0.25) is 0 Å². The minimum atomic E-state index is -0.822. The second-order valence-electron chi connectivity index (χ2n) is 8.27. The van der Waals surface area contributed by atoms with Gasteiger partial charge in [-0.2, -0.15) is 5.10 Å². The van der Waals surface area contributed by atoms with Crippen molar-refractivity contribution in [3.05, 3.63) is 60.6 Å². The smallest absolute Gasteiger partial charge is 0.252 e. The Bertz CT molecular complexity index is 1320. The summed E-state index contributed by atoms with van der Waals surface area (Å²) in [7, 11) is 0. The topological polar surface area (TPSA) is 167 Å². The number of pyridine rings is 2. The van der Waals surface area contributed by atoms with E-state index in [2.05, 4.69) is 36.0 Å². The minimum absolute atomic E-state index is 0.00234. The fourth-order valence-electron chi connectivity index (χ4n) is 4.11. The number of nitrogens with one attached hydrogen (secondary N) is 2. The van der Waals surface area contributed by atoms with Crippen molar-refractivity contribution in [2.24, 2.45) is 11.5 Å². The molecule has 12 nitrogen and oxygen atoms in total. The number of aromatic nitrogens is 7. The molecule has 0 unspecified atom stereocenters. The molecule has 1 saturated carbocycles. The highest BCUT2D eigenvalue weighted by Crippen LogP contribution is 2.28. The van der Waals surface area contributed by atoms with Crippen LogP contribution in [0.3, 0.4) is 0 Å². The van der Waals surface area contributed by atoms with Crippen molar-refractivity contribution in [3.8, 4) is 11.5 Å². The third-order valence-corrected chi connectivity index (χ3v) is 5.88. The van der Waals surface area contributed by atoms with E-state index in [1.54, 1.807) is 35.4 Å². The van der Waals surface area contributed by atoms with Crippen LogP contribution in [0.1, 0.15) is 36.0 Å². The number of hydrogen-bond donors (Lipinski definition) is 4. The van der Waals surface area contributed by atoms with E-state index >= 15 is 0 Å². The van der Waals surface area contributed by atoms with Gasteiger partial charge in [0.1, 0.15) is 11.5 Å². The lowest BCUT2D eigenvalue weighted by Crippen LogP contribution is -2.43. The van der Waals surface area contributed by atoms with Crippen LogP contribution in [0, 0.1) is 5.82 Å². The second kappa shape index (κ2) is 9.46. The van der Waals surface area contributed by atoms with Crippen LogP contribution in [0.4, 0.5) is 21.7 Å². The van der Waals surface area contributed by atoms with Crippen LogP contribution in [-0.4, -0.2) is 52.7 Å². The zero-order chi connectivity index (χ0) is 24.4. The molecule has 1 fully saturated rings. The van der Waals surface area contributed by atoms with E-state index in [1.165, 1.54) is 17.1 Å². The number of halogens is 1. The van der Waals surface area contributed by atoms with Crippen LogP contribution in [0.25, 0.3) is 11.5 Å². The molecule has 0 aliphatic heterocycles. The summed E-state index contributed by atoms with van der Waals surface area (Å²) in [4.78, 5) is 20.9. The lowest BCUT2D eigenvalue weighted by Gasteiger charge is -2.30. The van der Waals surface area contributed by atoms with E-state index in [9.17, 15) is 9.18 Å². The van der Waals surface area contributed by atoms with Crippen molar-refractivity contribution in [1.82, 2.24) is 34.7 Å². The number of carbonyl (C=O) groups excluding carboxylic acids is 1. The summed E-state index contributed by atoms with van der Waals surface area (Å²) in [6.45, 7) is 0. The minimum Gasteiger partial charge on any atom is -0.365 e. The summed E-state index contributed by atoms with van der Waals surface area (Å²) < 4.78 is 17.9. The van der Waals surface area contributed by atoms with Gasteiger partial charge in [-0.25, -0.2) is 23.7 Å². The van der Waals surface area contributed by atoms with Crippen LogP contribution < -0.4 is 22.1 Å². The number of nitrogens with two attached hydrogens (primary N) is 2. The van der Waals surface area contributed by atoms with Gasteiger partial charge in [0.2, 0.25) is 0 Å². The number of rotatable bonds is 7. The van der Waals surface area contributed by atoms with Gasteiger partial charge in [0, 0.05) is 24.5 Å². The predicted octanol–water partition coefficient (Wildman–Crippen LogP) is 1.91. The Morgan fingerprint density at radius 3 is 2.69 bits per heavy atom. The lowest BCUT2D eigenvalue weighted by molar-refractivity contribution is 0.100. The molecule has 1 aliphatic rings. The first kappa shape index (κ1) is 22.4. The molecular weight excluding hydrogens is 453 g/mol. The predicted molar refractivity (Wildman–Crippen MR) is 126 cm³/mol. The molecule has 0 saturated heterocycles. The van der Waals surface area contributed by atoms with Gasteiger partial charge in [-0.15, -0.1) is 5.10 Å². The van der Waals surface area contributed by atoms with E-state index < -0.39 is 11.7 Å². The summed E-state index contributed by atoms with van der Waals surface area (Å²) >= 11 is 0. The van der Waals surface area contributed by atoms with E-state index in [4.69, 9.17) is 11.5 Å². The van der Waals surface area contributed by atoms with Gasteiger partial charge in [-0.3, -0.25) is 4.79 Å². The molecule has 13 heteroatoms. The molecule has 180 valence electrons. The Balaban J connectivity index is 1.51. The molecule has 5 rings (SSSR count). The summed E-state index contributed by atoms with van der Waals surface area (Å²) in [6, 6.07) is 4.35. The van der Waals surface area contributed by atoms with Gasteiger partial charge >= 0.3 is 0 Å². The number of nitrogens with zero attached hydrogens (tertiary/aromatic N) is 7. The van der Waals surface area contributed by atoms with Gasteiger partial charge in [-0.1, -0.05) is 18.1 Å². The Hall–Kier alpha value is -4.39. The van der Waals surface area contributed by atoms with E-state index in [-0.39, 0.29) is 29.3 Å². The lowest BCUT2D eigenvalue weighted by atomic mass is 9.91. The van der Waals surface area contributed by atoms with Gasteiger partial charge in [0.25, 0.3) is 5.91 Å². The Kier molecular flexibility index (Phi) is 6.06. The Morgan fingerprint density at radius 1 is 1.11 bits per heavy atom. The third kappa shape index (κ3) is 4.66. The molecule has 1 amide bonds. The van der Waals surface area contributed by atoms with Crippen molar-refractivity contribution in [3.63, 3.8) is 0 Å². The first-order chi connectivity index (χ1) is 17.0. The molecule has 4 aromatic heterocycles. The van der Waals surface area contributed by atoms with E-state index in [0.29, 0.717) is 17.2 Å². The number of amides is 1. The molecule has 4 aromatic rings. The second-order valence-corrected chi connectivity index (χ2v) is 8.27. The molecular formula is C22H24FN11O. The normalized spacial score (nSPS) is 17.8. The summed E-state index contributed by atoms with van der Waals surface area (Å²) in [5.41, 5.74) is 12.6. The van der Waals surface area contributed by atoms with Crippen molar-refractivity contribution in [1.29, 1.82) is 0 Å². The summed E-state index contributed by atoms with van der Waals surface area (Å²) in [5.74, 6) is -0.918. The Labute approximate surface area is 199 Å². The van der Waals surface area contributed by atoms with Gasteiger partial charge in [-0.05, 0) is 31.0 Å². The van der Waals surface area contributed by atoms with Crippen molar-refractivity contribution >= 4 is 23.2 Å². The fraction of sp³-hybridized carbons (Fsp3) is 0.273. The largest absolute Gasteiger partial charge is 0.365 e. The molecule has 4 heterocycles. The maximum atomic E-state index is 14.8. The van der Waals surface area contributed by atoms with E-state index in [0.717, 1.165) is 31.7 Å². The van der Waals surface area contributed by atoms with Crippen molar-refractivity contribution in [2.45, 2.75) is 37.8 Å². The fourth-order valence-corrected chi connectivity index (χ4v) is 4.11. The first-order valence-electron chi connectivity index (χ1n) is 11.2. The zero-order valence-corrected chi connectivity index (χ0v) is 18.7. The van der Waals surface area contributed by atoms with Crippen LogP contribution >= 0.6 is 0 Å². The first-order valence-corrected chi connectivity index (χ1v) is 11.2. The highest BCUT2D eigenvalue weighted by atomic mass is 19.1. The van der Waals surface area contributed by atoms with Crippen molar-refractivity contribution < 1.29 is 9.18 Å². The quantitative estimate of drug-likeness (QED) is 0.311. The van der Waals surface area contributed by atoms with Gasteiger partial charge in [0.15, 0.2) is 17.5 Å². The van der Waals surface area contributed by atoms with Crippen LogP contribution in [0.15, 0.2) is 49.2 Å². The number of carbonyl (C=O) groups is 1. The monoisotopic (exact) mass is 477 g/mol. The third-order valence-electron chi connectivity index (χ3n) is 5.88. The molecule has 6 N–H and O–H groups in total. The molecule has 35 heavy (non-hydrogen) atoms. The number of anilines is 3. The zero-order valence-electron chi connectivity index (χ0n) is 18.7. The maximum Gasteiger partial charge on any atom is 0.252 e. The maximum absolute atomic E-state index is 14.8. The number of primary amides is 1. The van der Waals surface area contributed by atoms with Crippen LogP contribution in [-0.2, 0) is 0 Å². The average molecular weight is 478 g/mol. The highest BCUT2D eigenvalue weighted by molar-refractivity contribution is 5.98. The van der Waals surface area contributed by atoms with E-state index in [1.807, 2.05) is 0 Å². The highest BCUT2D eigenvalue weighted by Gasteiger charge is 2.24. The van der Waals surface area contributed by atoms with Gasteiger partial charge in [0.05, 0.1) is 29.8 Å². The van der Waals surface area contributed by atoms with Crippen LogP contribution in [0.5, 0.6) is 0 Å². The summed E-state index contributed by atoms with van der Waals surface area (Å²) in [6.07, 6.45) is 11.8. The molecule has 0 spiro atoms. The summed E-state index contributed by atoms with van der Waals surface area (Å²) in [5, 5.41) is 18.3. The SMILES string of the molecule is NC(=O)c1cc(F)c(N[C@@H]2CCCC[C@@H]2N)nc1Nc1cnc(-n2cccn2)c(-n2ccnn2)c1. The molecule has 0 bridgehead atoms. The van der Waals surface area contributed by atoms with Gasteiger partial charge < -0.3 is 22.1 Å². The molecule has 0 aromatic carbocycles. The van der Waals surface area contributed by atoms with Crippen molar-refractivity contribution in [2.75, 3.05) is 10.6 Å². The molecule has 0 radical (unpaired) electrons. The number of hydrogen-bond acceptors (Lipinski definition) is 9. The Morgan fingerprint density at radius 2 is 1.97 bits per heavy atom.